The van der Waals surface area contributed by atoms with Crippen LogP contribution < -0.4 is 5.32 Å². The molecular formula is C14H18ClN3O. The number of aliphatic hydroxyl groups is 1. The SMILES string of the molecule is Cc1nn(CCO)c(C)c1CNc1cccc(Cl)c1. The Morgan fingerprint density at radius 1 is 1.37 bits per heavy atom. The van der Waals surface area contributed by atoms with E-state index in [1.165, 1.54) is 0 Å². The summed E-state index contributed by atoms with van der Waals surface area (Å²) in [6.07, 6.45) is 0. The number of rotatable bonds is 5. The number of hydrogen-bond acceptors (Lipinski definition) is 3. The molecule has 0 amide bonds. The third-order valence-corrected chi connectivity index (χ3v) is 3.37. The van der Waals surface area contributed by atoms with Crippen LogP contribution in [0.1, 0.15) is 17.0 Å². The molecule has 1 aromatic heterocycles. The van der Waals surface area contributed by atoms with Crippen molar-refractivity contribution in [2.75, 3.05) is 11.9 Å². The van der Waals surface area contributed by atoms with Crippen molar-refractivity contribution in [3.05, 3.63) is 46.2 Å². The molecule has 0 aliphatic heterocycles. The summed E-state index contributed by atoms with van der Waals surface area (Å²) in [5.74, 6) is 0. The second kappa shape index (κ2) is 6.08. The highest BCUT2D eigenvalue weighted by Gasteiger charge is 2.10. The average molecular weight is 280 g/mol. The van der Waals surface area contributed by atoms with Crippen molar-refractivity contribution in [2.24, 2.45) is 0 Å². The van der Waals surface area contributed by atoms with E-state index in [2.05, 4.69) is 10.4 Å². The van der Waals surface area contributed by atoms with E-state index >= 15 is 0 Å². The number of anilines is 1. The number of nitrogens with one attached hydrogen (secondary N) is 1. The predicted octanol–water partition coefficient (Wildman–Crippen LogP) is 2.76. The van der Waals surface area contributed by atoms with Crippen LogP contribution in [-0.4, -0.2) is 21.5 Å². The van der Waals surface area contributed by atoms with Crippen LogP contribution in [0, 0.1) is 13.8 Å². The first-order chi connectivity index (χ1) is 9.11. The summed E-state index contributed by atoms with van der Waals surface area (Å²) in [7, 11) is 0. The lowest BCUT2D eigenvalue weighted by atomic mass is 10.2. The van der Waals surface area contributed by atoms with E-state index in [1.54, 1.807) is 0 Å². The Hall–Kier alpha value is -1.52. The lowest BCUT2D eigenvalue weighted by Crippen LogP contribution is -2.07. The molecule has 5 heteroatoms. The van der Waals surface area contributed by atoms with Gasteiger partial charge in [0.2, 0.25) is 0 Å². The Morgan fingerprint density at radius 2 is 2.16 bits per heavy atom. The van der Waals surface area contributed by atoms with E-state index in [4.69, 9.17) is 16.7 Å². The van der Waals surface area contributed by atoms with Gasteiger partial charge < -0.3 is 10.4 Å². The maximum absolute atomic E-state index is 8.99. The Kier molecular flexibility index (Phi) is 4.45. The number of benzene rings is 1. The lowest BCUT2D eigenvalue weighted by Gasteiger charge is -2.07. The summed E-state index contributed by atoms with van der Waals surface area (Å²) in [5.41, 5.74) is 4.22. The third kappa shape index (κ3) is 3.28. The van der Waals surface area contributed by atoms with Crippen LogP contribution in [0.5, 0.6) is 0 Å². The number of halogens is 1. The van der Waals surface area contributed by atoms with Gasteiger partial charge in [0, 0.05) is 28.5 Å². The van der Waals surface area contributed by atoms with E-state index in [0.29, 0.717) is 13.1 Å². The van der Waals surface area contributed by atoms with Crippen LogP contribution >= 0.6 is 11.6 Å². The van der Waals surface area contributed by atoms with E-state index in [9.17, 15) is 0 Å². The molecule has 2 rings (SSSR count). The molecule has 0 atom stereocenters. The molecule has 0 fully saturated rings. The number of nitrogens with zero attached hydrogens (tertiary/aromatic N) is 2. The standard InChI is InChI=1S/C14H18ClN3O/c1-10-14(11(2)18(17-10)6-7-19)9-16-13-5-3-4-12(15)8-13/h3-5,8,16,19H,6-7,9H2,1-2H3. The van der Waals surface area contributed by atoms with Crippen LogP contribution in [0.15, 0.2) is 24.3 Å². The predicted molar refractivity (Wildman–Crippen MR) is 77.6 cm³/mol. The van der Waals surface area contributed by atoms with Crippen LogP contribution in [0.25, 0.3) is 0 Å². The molecule has 2 aromatic rings. The normalized spacial score (nSPS) is 10.7. The molecule has 102 valence electrons. The van der Waals surface area contributed by atoms with Crippen molar-refractivity contribution >= 4 is 17.3 Å². The molecule has 4 nitrogen and oxygen atoms in total. The summed E-state index contributed by atoms with van der Waals surface area (Å²) in [6.45, 7) is 5.33. The highest BCUT2D eigenvalue weighted by molar-refractivity contribution is 6.30. The summed E-state index contributed by atoms with van der Waals surface area (Å²) in [5, 5.41) is 17.5. The summed E-state index contributed by atoms with van der Waals surface area (Å²) in [4.78, 5) is 0. The van der Waals surface area contributed by atoms with E-state index in [-0.39, 0.29) is 6.61 Å². The lowest BCUT2D eigenvalue weighted by molar-refractivity contribution is 0.268. The summed E-state index contributed by atoms with van der Waals surface area (Å²) >= 11 is 5.95. The van der Waals surface area contributed by atoms with Crippen LogP contribution in [0.3, 0.4) is 0 Å². The van der Waals surface area contributed by atoms with Gasteiger partial charge in [-0.3, -0.25) is 4.68 Å². The highest BCUT2D eigenvalue weighted by atomic mass is 35.5. The van der Waals surface area contributed by atoms with Gasteiger partial charge in [0.05, 0.1) is 18.8 Å². The Morgan fingerprint density at radius 3 is 2.84 bits per heavy atom. The largest absolute Gasteiger partial charge is 0.394 e. The van der Waals surface area contributed by atoms with Gasteiger partial charge in [0.15, 0.2) is 0 Å². The topological polar surface area (TPSA) is 50.1 Å². The molecule has 0 spiro atoms. The fourth-order valence-corrected chi connectivity index (χ4v) is 2.28. The van der Waals surface area contributed by atoms with Gasteiger partial charge in [0.25, 0.3) is 0 Å². The molecule has 0 aliphatic carbocycles. The molecule has 1 heterocycles. The first-order valence-corrected chi connectivity index (χ1v) is 6.63. The number of aliphatic hydroxyl groups excluding tert-OH is 1. The van der Waals surface area contributed by atoms with Gasteiger partial charge in [-0.25, -0.2) is 0 Å². The van der Waals surface area contributed by atoms with Crippen molar-refractivity contribution in [1.29, 1.82) is 0 Å². The molecule has 0 saturated heterocycles. The molecule has 0 saturated carbocycles. The van der Waals surface area contributed by atoms with Crippen LogP contribution in [-0.2, 0) is 13.1 Å². The van der Waals surface area contributed by atoms with Crippen molar-refractivity contribution in [2.45, 2.75) is 26.9 Å². The molecule has 0 radical (unpaired) electrons. The van der Waals surface area contributed by atoms with Crippen molar-refractivity contribution in [3.63, 3.8) is 0 Å². The van der Waals surface area contributed by atoms with Crippen molar-refractivity contribution < 1.29 is 5.11 Å². The maximum Gasteiger partial charge on any atom is 0.0646 e. The maximum atomic E-state index is 8.99. The van der Waals surface area contributed by atoms with Gasteiger partial charge in [-0.05, 0) is 32.0 Å². The zero-order chi connectivity index (χ0) is 13.8. The van der Waals surface area contributed by atoms with Crippen molar-refractivity contribution in [1.82, 2.24) is 9.78 Å². The summed E-state index contributed by atoms with van der Waals surface area (Å²) in [6, 6.07) is 7.64. The second-order valence-corrected chi connectivity index (χ2v) is 4.90. The molecule has 0 bridgehead atoms. The monoisotopic (exact) mass is 279 g/mol. The molecule has 19 heavy (non-hydrogen) atoms. The zero-order valence-corrected chi connectivity index (χ0v) is 11.9. The number of hydrogen-bond donors (Lipinski definition) is 2. The average Bonchev–Trinajstić information content (AvgIpc) is 2.63. The van der Waals surface area contributed by atoms with E-state index in [1.807, 2.05) is 42.8 Å². The second-order valence-electron chi connectivity index (χ2n) is 4.46. The van der Waals surface area contributed by atoms with E-state index in [0.717, 1.165) is 27.7 Å². The fourth-order valence-electron chi connectivity index (χ4n) is 2.09. The minimum absolute atomic E-state index is 0.100. The van der Waals surface area contributed by atoms with Gasteiger partial charge in [0.1, 0.15) is 0 Å². The Balaban J connectivity index is 2.11. The fraction of sp³-hybridized carbons (Fsp3) is 0.357. The molecule has 0 aliphatic rings. The van der Waals surface area contributed by atoms with Crippen LogP contribution in [0.2, 0.25) is 5.02 Å². The molecule has 0 unspecified atom stereocenters. The number of aryl methyl sites for hydroxylation is 1. The van der Waals surface area contributed by atoms with Gasteiger partial charge >= 0.3 is 0 Å². The zero-order valence-electron chi connectivity index (χ0n) is 11.2. The highest BCUT2D eigenvalue weighted by Crippen LogP contribution is 2.18. The summed E-state index contributed by atoms with van der Waals surface area (Å²) < 4.78 is 1.84. The molecule has 2 N–H and O–H groups in total. The quantitative estimate of drug-likeness (QED) is 0.885. The smallest absolute Gasteiger partial charge is 0.0646 e. The number of aromatic nitrogens is 2. The van der Waals surface area contributed by atoms with Gasteiger partial charge in [-0.2, -0.15) is 5.10 Å². The Labute approximate surface area is 118 Å². The Bertz CT molecular complexity index is 566. The van der Waals surface area contributed by atoms with Crippen LogP contribution in [0.4, 0.5) is 5.69 Å². The van der Waals surface area contributed by atoms with Crippen molar-refractivity contribution in [3.8, 4) is 0 Å². The first-order valence-electron chi connectivity index (χ1n) is 6.25. The van der Waals surface area contributed by atoms with Gasteiger partial charge in [-0.1, -0.05) is 17.7 Å². The first kappa shape index (κ1) is 13.9. The van der Waals surface area contributed by atoms with Gasteiger partial charge in [-0.15, -0.1) is 0 Å². The minimum Gasteiger partial charge on any atom is -0.394 e. The van der Waals surface area contributed by atoms with E-state index < -0.39 is 0 Å². The third-order valence-electron chi connectivity index (χ3n) is 3.14. The molecule has 1 aromatic carbocycles. The minimum atomic E-state index is 0.100. The molecular weight excluding hydrogens is 262 g/mol.